The van der Waals surface area contributed by atoms with Crippen LogP contribution in [0.15, 0.2) is 29.2 Å². The maximum absolute atomic E-state index is 12.8. The van der Waals surface area contributed by atoms with Crippen molar-refractivity contribution >= 4 is 28.4 Å². The molecular weight excluding hydrogens is 340 g/mol. The number of piperidine rings is 1. The van der Waals surface area contributed by atoms with Crippen molar-refractivity contribution in [2.24, 2.45) is 5.73 Å². The molecule has 0 amide bonds. The van der Waals surface area contributed by atoms with Crippen LogP contribution in [0.5, 0.6) is 0 Å². The van der Waals surface area contributed by atoms with Crippen molar-refractivity contribution in [3.8, 4) is 0 Å². The minimum atomic E-state index is -3.56. The Morgan fingerprint density at radius 2 is 1.96 bits per heavy atom. The topological polar surface area (TPSA) is 89.7 Å². The number of rotatable bonds is 5. The predicted molar refractivity (Wildman–Crippen MR) is 90.2 cm³/mol. The molecule has 23 heavy (non-hydrogen) atoms. The Hall–Kier alpha value is -1.15. The van der Waals surface area contributed by atoms with E-state index < -0.39 is 16.0 Å². The van der Waals surface area contributed by atoms with Gasteiger partial charge in [0.1, 0.15) is 0 Å². The number of ether oxygens (including phenoxy) is 1. The van der Waals surface area contributed by atoms with Crippen LogP contribution < -0.4 is 5.73 Å². The minimum Gasteiger partial charge on any atom is -0.465 e. The first-order valence-corrected chi connectivity index (χ1v) is 8.85. The molecule has 0 spiro atoms. The van der Waals surface area contributed by atoms with Gasteiger partial charge in [0.25, 0.3) is 0 Å². The van der Waals surface area contributed by atoms with Crippen LogP contribution in [-0.2, 0) is 14.8 Å². The summed E-state index contributed by atoms with van der Waals surface area (Å²) in [7, 11) is -2.27. The van der Waals surface area contributed by atoms with Crippen molar-refractivity contribution in [3.05, 3.63) is 29.8 Å². The van der Waals surface area contributed by atoms with Gasteiger partial charge in [-0.15, -0.1) is 12.4 Å². The molecule has 8 heteroatoms. The molecule has 1 heterocycles. The fraction of sp³-hybridized carbons (Fsp3) is 0.533. The average Bonchev–Trinajstić information content (AvgIpc) is 2.55. The number of methoxy groups -OCH3 is 1. The van der Waals surface area contributed by atoms with Crippen molar-refractivity contribution in [1.29, 1.82) is 0 Å². The zero-order valence-corrected chi connectivity index (χ0v) is 14.7. The van der Waals surface area contributed by atoms with Gasteiger partial charge < -0.3 is 10.5 Å². The fourth-order valence-corrected chi connectivity index (χ4v) is 4.51. The van der Waals surface area contributed by atoms with E-state index in [-0.39, 0.29) is 23.3 Å². The van der Waals surface area contributed by atoms with Gasteiger partial charge in [-0.3, -0.25) is 0 Å². The van der Waals surface area contributed by atoms with Gasteiger partial charge in [-0.05, 0) is 50.1 Å². The van der Waals surface area contributed by atoms with Gasteiger partial charge in [-0.1, -0.05) is 6.42 Å². The van der Waals surface area contributed by atoms with Crippen LogP contribution in [0.25, 0.3) is 0 Å². The van der Waals surface area contributed by atoms with Crippen molar-refractivity contribution in [1.82, 2.24) is 4.31 Å². The number of carbonyl (C=O) groups is 1. The number of halogens is 1. The molecule has 2 rings (SSSR count). The Bertz CT molecular complexity index is 617. The highest BCUT2D eigenvalue weighted by atomic mass is 35.5. The first-order chi connectivity index (χ1) is 10.5. The van der Waals surface area contributed by atoms with Gasteiger partial charge >= 0.3 is 5.97 Å². The van der Waals surface area contributed by atoms with Crippen molar-refractivity contribution in [2.75, 3.05) is 20.2 Å². The van der Waals surface area contributed by atoms with Crippen LogP contribution >= 0.6 is 12.4 Å². The molecule has 1 unspecified atom stereocenters. The van der Waals surface area contributed by atoms with E-state index in [9.17, 15) is 13.2 Å². The van der Waals surface area contributed by atoms with Crippen LogP contribution in [0.4, 0.5) is 0 Å². The lowest BCUT2D eigenvalue weighted by molar-refractivity contribution is 0.0600. The van der Waals surface area contributed by atoms with E-state index in [1.54, 1.807) is 4.31 Å². The molecule has 0 saturated carbocycles. The standard InChI is InChI=1S/C15H22N2O4S.ClH/c1-21-15(18)12-5-7-14(8-6-12)22(19,20)17-11-3-2-4-13(17)9-10-16;/h5-8,13H,2-4,9-11,16H2,1H3;1H. The number of nitrogens with zero attached hydrogens (tertiary/aromatic N) is 1. The third kappa shape index (κ3) is 4.44. The summed E-state index contributed by atoms with van der Waals surface area (Å²) in [6.45, 7) is 0.990. The van der Waals surface area contributed by atoms with Gasteiger partial charge in [0.05, 0.1) is 17.6 Å². The maximum atomic E-state index is 12.8. The highest BCUT2D eigenvalue weighted by Crippen LogP contribution is 2.27. The van der Waals surface area contributed by atoms with Crippen molar-refractivity contribution in [3.63, 3.8) is 0 Å². The highest BCUT2D eigenvalue weighted by molar-refractivity contribution is 7.89. The van der Waals surface area contributed by atoms with Gasteiger partial charge in [0.15, 0.2) is 0 Å². The van der Waals surface area contributed by atoms with Crippen molar-refractivity contribution < 1.29 is 17.9 Å². The molecule has 1 aromatic rings. The largest absolute Gasteiger partial charge is 0.465 e. The Kier molecular flexibility index (Phi) is 7.47. The van der Waals surface area contributed by atoms with Crippen LogP contribution in [0.2, 0.25) is 0 Å². The number of carbonyl (C=O) groups excluding carboxylic acids is 1. The molecule has 130 valence electrons. The Balaban J connectivity index is 0.00000264. The van der Waals surface area contributed by atoms with Gasteiger partial charge in [-0.2, -0.15) is 4.31 Å². The van der Waals surface area contributed by atoms with E-state index >= 15 is 0 Å². The number of sulfonamides is 1. The summed E-state index contributed by atoms with van der Waals surface area (Å²) in [5, 5.41) is 0. The van der Waals surface area contributed by atoms with Crippen LogP contribution in [0.3, 0.4) is 0 Å². The second-order valence-corrected chi connectivity index (χ2v) is 7.25. The molecule has 0 radical (unpaired) electrons. The van der Waals surface area contributed by atoms with Crippen LogP contribution in [0.1, 0.15) is 36.0 Å². The molecule has 0 aliphatic carbocycles. The Morgan fingerprint density at radius 1 is 1.30 bits per heavy atom. The molecule has 1 fully saturated rings. The number of hydrogen-bond donors (Lipinski definition) is 1. The summed E-state index contributed by atoms with van der Waals surface area (Å²) < 4.78 is 31.8. The highest BCUT2D eigenvalue weighted by Gasteiger charge is 2.32. The van der Waals surface area contributed by atoms with E-state index in [0.717, 1.165) is 19.3 Å². The van der Waals surface area contributed by atoms with Gasteiger partial charge in [-0.25, -0.2) is 13.2 Å². The molecule has 2 N–H and O–H groups in total. The summed E-state index contributed by atoms with van der Waals surface area (Å²) in [6.07, 6.45) is 3.40. The van der Waals surface area contributed by atoms with Crippen LogP contribution in [0, 0.1) is 0 Å². The quantitative estimate of drug-likeness (QED) is 0.806. The molecule has 0 bridgehead atoms. The van der Waals surface area contributed by atoms with E-state index in [0.29, 0.717) is 25.1 Å². The molecule has 1 atom stereocenters. The Labute approximate surface area is 143 Å². The lowest BCUT2D eigenvalue weighted by Gasteiger charge is -2.34. The van der Waals surface area contributed by atoms with Gasteiger partial charge in [0, 0.05) is 12.6 Å². The smallest absolute Gasteiger partial charge is 0.337 e. The SMILES string of the molecule is COC(=O)c1ccc(S(=O)(=O)N2CCCCC2CCN)cc1.Cl. The summed E-state index contributed by atoms with van der Waals surface area (Å²) in [5.41, 5.74) is 5.93. The molecule has 1 aliphatic heterocycles. The minimum absolute atomic E-state index is 0. The lowest BCUT2D eigenvalue weighted by Crippen LogP contribution is -2.44. The Morgan fingerprint density at radius 3 is 2.52 bits per heavy atom. The number of nitrogens with two attached hydrogens (primary N) is 1. The fourth-order valence-electron chi connectivity index (χ4n) is 2.79. The number of hydrogen-bond acceptors (Lipinski definition) is 5. The lowest BCUT2D eigenvalue weighted by atomic mass is 10.0. The molecular formula is C15H23ClN2O4S. The van der Waals surface area contributed by atoms with Crippen LogP contribution in [-0.4, -0.2) is 44.9 Å². The summed E-state index contributed by atoms with van der Waals surface area (Å²) in [4.78, 5) is 11.6. The third-order valence-corrected chi connectivity index (χ3v) is 5.92. The monoisotopic (exact) mass is 362 g/mol. The molecule has 6 nitrogen and oxygen atoms in total. The van der Waals surface area contributed by atoms with Gasteiger partial charge in [0.2, 0.25) is 10.0 Å². The number of esters is 1. The molecule has 1 aliphatic rings. The zero-order valence-electron chi connectivity index (χ0n) is 13.1. The second kappa shape index (κ2) is 8.63. The summed E-state index contributed by atoms with van der Waals surface area (Å²) in [5.74, 6) is -0.483. The van der Waals surface area contributed by atoms with E-state index in [2.05, 4.69) is 4.74 Å². The van der Waals surface area contributed by atoms with E-state index in [1.807, 2.05) is 0 Å². The summed E-state index contributed by atoms with van der Waals surface area (Å²) in [6, 6.07) is 5.82. The molecule has 0 aromatic heterocycles. The zero-order chi connectivity index (χ0) is 16.2. The summed E-state index contributed by atoms with van der Waals surface area (Å²) >= 11 is 0. The molecule has 1 saturated heterocycles. The number of benzene rings is 1. The normalized spacial score (nSPS) is 19.0. The van der Waals surface area contributed by atoms with E-state index in [1.165, 1.54) is 31.4 Å². The first-order valence-electron chi connectivity index (χ1n) is 7.41. The maximum Gasteiger partial charge on any atom is 0.337 e. The van der Waals surface area contributed by atoms with E-state index in [4.69, 9.17) is 5.73 Å². The average molecular weight is 363 g/mol. The predicted octanol–water partition coefficient (Wildman–Crippen LogP) is 1.79. The second-order valence-electron chi connectivity index (χ2n) is 5.36. The molecule has 1 aromatic carbocycles. The third-order valence-electron chi connectivity index (χ3n) is 3.96. The first kappa shape index (κ1) is 19.9. The van der Waals surface area contributed by atoms with Crippen molar-refractivity contribution in [2.45, 2.75) is 36.6 Å².